The van der Waals surface area contributed by atoms with Gasteiger partial charge in [-0.3, -0.25) is 14.4 Å². The molecule has 0 fully saturated rings. The Kier molecular flexibility index (Phi) is 11.0. The second kappa shape index (κ2) is 12.9. The Bertz CT molecular complexity index is 795. The van der Waals surface area contributed by atoms with Crippen LogP contribution >= 0.6 is 0 Å². The van der Waals surface area contributed by atoms with E-state index in [9.17, 15) is 24.3 Å². The molecule has 0 radical (unpaired) electrons. The van der Waals surface area contributed by atoms with Crippen LogP contribution in [0.4, 0.5) is 0 Å². The van der Waals surface area contributed by atoms with Crippen molar-refractivity contribution < 1.29 is 24.3 Å². The molecule has 0 spiro atoms. The number of H-pyrrole nitrogens is 1. The van der Waals surface area contributed by atoms with Gasteiger partial charge in [0.25, 0.3) is 0 Å². The third-order valence-electron chi connectivity index (χ3n) is 5.65. The van der Waals surface area contributed by atoms with Crippen LogP contribution in [-0.2, 0) is 25.6 Å². The molecule has 11 heteroatoms. The van der Waals surface area contributed by atoms with Crippen molar-refractivity contribution in [1.29, 1.82) is 0 Å². The number of carbonyl (C=O) groups excluding carboxylic acids is 3. The topological polar surface area (TPSA) is 179 Å². The van der Waals surface area contributed by atoms with Gasteiger partial charge in [0.15, 0.2) is 0 Å². The summed E-state index contributed by atoms with van der Waals surface area (Å²) in [6.45, 7) is 10.8. The van der Waals surface area contributed by atoms with Gasteiger partial charge >= 0.3 is 5.97 Å². The van der Waals surface area contributed by atoms with Gasteiger partial charge in [-0.25, -0.2) is 9.78 Å². The Labute approximate surface area is 194 Å². The zero-order valence-electron chi connectivity index (χ0n) is 20.2. The van der Waals surface area contributed by atoms with Crippen molar-refractivity contribution in [1.82, 2.24) is 25.9 Å². The molecule has 0 saturated heterocycles. The second-order valence-electron chi connectivity index (χ2n) is 9.05. The number of hydrogen-bond donors (Lipinski definition) is 6. The molecule has 186 valence electrons. The van der Waals surface area contributed by atoms with Crippen LogP contribution < -0.4 is 21.7 Å². The van der Waals surface area contributed by atoms with E-state index in [0.29, 0.717) is 12.1 Å². The molecule has 0 bridgehead atoms. The van der Waals surface area contributed by atoms with Crippen LogP contribution in [0.25, 0.3) is 0 Å². The number of carboxylic acids is 1. The Balaban J connectivity index is 2.97. The van der Waals surface area contributed by atoms with Crippen molar-refractivity contribution in [3.8, 4) is 0 Å². The van der Waals surface area contributed by atoms with E-state index >= 15 is 0 Å². The van der Waals surface area contributed by atoms with Gasteiger partial charge < -0.3 is 31.8 Å². The number of carboxylic acid groups (broad SMARTS) is 1. The first-order valence-electron chi connectivity index (χ1n) is 11.3. The van der Waals surface area contributed by atoms with E-state index in [1.165, 1.54) is 12.5 Å². The van der Waals surface area contributed by atoms with Gasteiger partial charge in [-0.05, 0) is 17.8 Å². The SMILES string of the molecule is CCC(C)C(NC(=O)C(N)C(C)C)C(=O)NC(C(=O)NC(Cc1cnc[nH]1)C(=O)O)C(C)C. The standard InChI is InChI=1S/C22H38N6O5/c1-7-13(6)18(28-19(29)16(23)11(2)3)21(31)27-17(12(4)5)20(30)26-15(22(32)33)8-14-9-24-10-25-14/h9-13,15-18H,7-8,23H2,1-6H3,(H,24,25)(H,26,30)(H,27,31)(H,28,29)(H,32,33). The lowest BCUT2D eigenvalue weighted by molar-refractivity contribution is -0.142. The summed E-state index contributed by atoms with van der Waals surface area (Å²) < 4.78 is 0. The van der Waals surface area contributed by atoms with E-state index in [-0.39, 0.29) is 24.2 Å². The van der Waals surface area contributed by atoms with Crippen molar-refractivity contribution in [3.05, 3.63) is 18.2 Å². The Morgan fingerprint density at radius 1 is 0.970 bits per heavy atom. The zero-order chi connectivity index (χ0) is 25.3. The summed E-state index contributed by atoms with van der Waals surface area (Å²) in [7, 11) is 0. The number of nitrogens with one attached hydrogen (secondary N) is 4. The number of amides is 3. The lowest BCUT2D eigenvalue weighted by atomic mass is 9.95. The quantitative estimate of drug-likeness (QED) is 0.240. The molecule has 0 aliphatic rings. The summed E-state index contributed by atoms with van der Waals surface area (Å²) in [6.07, 6.45) is 3.52. The molecule has 0 aliphatic carbocycles. The molecule has 0 saturated carbocycles. The first-order valence-corrected chi connectivity index (χ1v) is 11.3. The highest BCUT2D eigenvalue weighted by Crippen LogP contribution is 2.12. The lowest BCUT2D eigenvalue weighted by Gasteiger charge is -2.29. The smallest absolute Gasteiger partial charge is 0.326 e. The fourth-order valence-electron chi connectivity index (χ4n) is 3.11. The molecular weight excluding hydrogens is 428 g/mol. The minimum Gasteiger partial charge on any atom is -0.480 e. The number of hydrogen-bond acceptors (Lipinski definition) is 6. The average Bonchev–Trinajstić information content (AvgIpc) is 3.26. The fourth-order valence-corrected chi connectivity index (χ4v) is 3.11. The van der Waals surface area contributed by atoms with Crippen LogP contribution in [0.3, 0.4) is 0 Å². The van der Waals surface area contributed by atoms with Gasteiger partial charge in [-0.2, -0.15) is 0 Å². The van der Waals surface area contributed by atoms with Crippen LogP contribution in [0.15, 0.2) is 12.5 Å². The van der Waals surface area contributed by atoms with Crippen LogP contribution in [0, 0.1) is 17.8 Å². The number of aromatic amines is 1. The summed E-state index contributed by atoms with van der Waals surface area (Å²) in [5.74, 6) is -3.46. The summed E-state index contributed by atoms with van der Waals surface area (Å²) in [5.41, 5.74) is 6.47. The average molecular weight is 467 g/mol. The minimum absolute atomic E-state index is 0.0124. The molecule has 0 aromatic carbocycles. The third-order valence-corrected chi connectivity index (χ3v) is 5.65. The van der Waals surface area contributed by atoms with Crippen molar-refractivity contribution >= 4 is 23.7 Å². The number of carbonyl (C=O) groups is 4. The van der Waals surface area contributed by atoms with Crippen LogP contribution in [0.1, 0.15) is 53.7 Å². The second-order valence-corrected chi connectivity index (χ2v) is 9.05. The maximum Gasteiger partial charge on any atom is 0.326 e. The molecule has 0 aliphatic heterocycles. The number of nitrogens with two attached hydrogens (primary N) is 1. The number of imidazole rings is 1. The minimum atomic E-state index is -1.21. The molecule has 11 nitrogen and oxygen atoms in total. The van der Waals surface area contributed by atoms with E-state index in [1.807, 2.05) is 27.7 Å². The summed E-state index contributed by atoms with van der Waals surface area (Å²) >= 11 is 0. The summed E-state index contributed by atoms with van der Waals surface area (Å²) in [6, 6.07) is -3.86. The highest BCUT2D eigenvalue weighted by molar-refractivity contribution is 5.94. The summed E-state index contributed by atoms with van der Waals surface area (Å²) in [4.78, 5) is 56.8. The summed E-state index contributed by atoms with van der Waals surface area (Å²) in [5, 5.41) is 17.4. The number of aromatic nitrogens is 2. The van der Waals surface area contributed by atoms with Crippen LogP contribution in [-0.4, -0.2) is 62.9 Å². The molecule has 1 aromatic rings. The van der Waals surface area contributed by atoms with Gasteiger partial charge in [0.1, 0.15) is 18.1 Å². The highest BCUT2D eigenvalue weighted by atomic mass is 16.4. The normalized spacial score (nSPS) is 15.9. The first-order chi connectivity index (χ1) is 15.4. The lowest BCUT2D eigenvalue weighted by Crippen LogP contribution is -2.60. The number of nitrogens with zero attached hydrogens (tertiary/aromatic N) is 1. The van der Waals surface area contributed by atoms with Gasteiger partial charge in [-0.15, -0.1) is 0 Å². The van der Waals surface area contributed by atoms with Crippen molar-refractivity contribution in [2.24, 2.45) is 23.5 Å². The molecule has 3 amide bonds. The predicted molar refractivity (Wildman–Crippen MR) is 123 cm³/mol. The van der Waals surface area contributed by atoms with E-state index in [2.05, 4.69) is 25.9 Å². The molecule has 5 unspecified atom stereocenters. The van der Waals surface area contributed by atoms with Gasteiger partial charge in [0.05, 0.1) is 12.4 Å². The fraction of sp³-hybridized carbons (Fsp3) is 0.682. The van der Waals surface area contributed by atoms with E-state index in [4.69, 9.17) is 5.73 Å². The Morgan fingerprint density at radius 2 is 1.55 bits per heavy atom. The van der Waals surface area contributed by atoms with Crippen molar-refractivity contribution in [3.63, 3.8) is 0 Å². The molecule has 1 rings (SSSR count). The van der Waals surface area contributed by atoms with E-state index < -0.39 is 47.9 Å². The first kappa shape index (κ1) is 28.1. The largest absolute Gasteiger partial charge is 0.480 e. The Hall–Kier alpha value is -2.95. The van der Waals surface area contributed by atoms with Gasteiger partial charge in [0, 0.05) is 18.3 Å². The van der Waals surface area contributed by atoms with Crippen molar-refractivity contribution in [2.45, 2.75) is 78.6 Å². The molecule has 33 heavy (non-hydrogen) atoms. The van der Waals surface area contributed by atoms with Gasteiger partial charge in [-0.1, -0.05) is 48.0 Å². The van der Waals surface area contributed by atoms with Crippen LogP contribution in [0.2, 0.25) is 0 Å². The highest BCUT2D eigenvalue weighted by Gasteiger charge is 2.34. The van der Waals surface area contributed by atoms with Gasteiger partial charge in [0.2, 0.25) is 17.7 Å². The molecule has 1 heterocycles. The zero-order valence-corrected chi connectivity index (χ0v) is 20.2. The van der Waals surface area contributed by atoms with Crippen molar-refractivity contribution in [2.75, 3.05) is 0 Å². The maximum absolute atomic E-state index is 13.1. The van der Waals surface area contributed by atoms with E-state index in [0.717, 1.165) is 0 Å². The Morgan fingerprint density at radius 3 is 2.00 bits per heavy atom. The molecular formula is C22H38N6O5. The molecule has 5 atom stereocenters. The maximum atomic E-state index is 13.1. The third kappa shape index (κ3) is 8.49. The van der Waals surface area contributed by atoms with E-state index in [1.54, 1.807) is 13.8 Å². The molecule has 7 N–H and O–H groups in total. The molecule has 1 aromatic heterocycles. The monoisotopic (exact) mass is 466 g/mol. The number of rotatable bonds is 13. The number of aliphatic carboxylic acids is 1. The predicted octanol–water partition coefficient (Wildman–Crippen LogP) is 0.177. The van der Waals surface area contributed by atoms with Crippen LogP contribution in [0.5, 0.6) is 0 Å².